The van der Waals surface area contributed by atoms with Crippen LogP contribution in [0, 0.1) is 11.3 Å². The van der Waals surface area contributed by atoms with Crippen molar-refractivity contribution < 1.29 is 14.0 Å². The minimum Gasteiger partial charge on any atom is -0.469 e. The molecule has 0 fully saturated rings. The Balaban J connectivity index is 1.96. The van der Waals surface area contributed by atoms with E-state index in [0.717, 1.165) is 0 Å². The van der Waals surface area contributed by atoms with E-state index in [1.807, 2.05) is 6.07 Å². The molecule has 2 rings (SSSR count). The number of carbonyl (C=O) groups excluding carboxylic acids is 2. The Hall–Kier alpha value is -2.78. The van der Waals surface area contributed by atoms with Gasteiger partial charge in [-0.3, -0.25) is 9.59 Å². The molecule has 0 radical (unpaired) electrons. The number of carbonyl (C=O) groups is 2. The van der Waals surface area contributed by atoms with Crippen LogP contribution in [0.5, 0.6) is 0 Å². The number of anilines is 1. The highest BCUT2D eigenvalue weighted by atomic mass is 35.5. The van der Waals surface area contributed by atoms with Gasteiger partial charge in [0, 0.05) is 17.5 Å². The number of hydrogen-bond acceptors (Lipinski definition) is 4. The summed E-state index contributed by atoms with van der Waals surface area (Å²) in [5.74, 6) is -0.956. The molecule has 0 spiro atoms. The fourth-order valence-electron chi connectivity index (χ4n) is 1.97. The Kier molecular flexibility index (Phi) is 5.39. The summed E-state index contributed by atoms with van der Waals surface area (Å²) in [4.78, 5) is 23.8. The average Bonchev–Trinajstić information content (AvgIpc) is 3.00. The minimum atomic E-state index is -0.866. The molecule has 2 N–H and O–H groups in total. The van der Waals surface area contributed by atoms with Gasteiger partial charge in [0.1, 0.15) is 11.8 Å². The molecule has 1 aromatic carbocycles. The topological polar surface area (TPSA) is 95.1 Å². The first-order valence-corrected chi connectivity index (χ1v) is 7.21. The molecule has 1 aromatic heterocycles. The highest BCUT2D eigenvalue weighted by Crippen LogP contribution is 2.20. The molecule has 23 heavy (non-hydrogen) atoms. The first-order valence-electron chi connectivity index (χ1n) is 6.83. The molecule has 0 unspecified atom stereocenters. The summed E-state index contributed by atoms with van der Waals surface area (Å²) in [7, 11) is 0. The maximum atomic E-state index is 11.9. The van der Waals surface area contributed by atoms with Crippen molar-refractivity contribution in [3.8, 4) is 6.07 Å². The smallest absolute Gasteiger partial charge is 0.313 e. The van der Waals surface area contributed by atoms with Crippen molar-refractivity contribution in [3.63, 3.8) is 0 Å². The summed E-state index contributed by atoms with van der Waals surface area (Å²) >= 11 is 5.83. The van der Waals surface area contributed by atoms with Crippen LogP contribution in [0.3, 0.4) is 0 Å². The minimum absolute atomic E-state index is 0.193. The number of benzene rings is 1. The van der Waals surface area contributed by atoms with Crippen molar-refractivity contribution in [2.45, 2.75) is 19.4 Å². The van der Waals surface area contributed by atoms with Crippen molar-refractivity contribution in [2.75, 3.05) is 5.32 Å². The second-order valence-corrected chi connectivity index (χ2v) is 5.35. The average molecular weight is 332 g/mol. The molecule has 1 atom stereocenters. The SMILES string of the molecule is C[C@@H](Cc1ccco1)NC(=O)C(=O)Nc1cc(Cl)ccc1C#N. The van der Waals surface area contributed by atoms with Crippen molar-refractivity contribution in [1.82, 2.24) is 5.32 Å². The lowest BCUT2D eigenvalue weighted by Gasteiger charge is -2.13. The van der Waals surface area contributed by atoms with E-state index in [0.29, 0.717) is 17.2 Å². The monoisotopic (exact) mass is 331 g/mol. The van der Waals surface area contributed by atoms with Crippen LogP contribution in [-0.4, -0.2) is 17.9 Å². The van der Waals surface area contributed by atoms with Crippen molar-refractivity contribution >= 4 is 29.1 Å². The van der Waals surface area contributed by atoms with Crippen LogP contribution in [0.25, 0.3) is 0 Å². The van der Waals surface area contributed by atoms with Gasteiger partial charge in [-0.15, -0.1) is 0 Å². The van der Waals surface area contributed by atoms with Crippen LogP contribution in [0.15, 0.2) is 41.0 Å². The maximum absolute atomic E-state index is 11.9. The largest absolute Gasteiger partial charge is 0.469 e. The molecule has 7 heteroatoms. The Morgan fingerprint density at radius 2 is 2.13 bits per heavy atom. The molecule has 0 bridgehead atoms. The third-order valence-electron chi connectivity index (χ3n) is 3.02. The lowest BCUT2D eigenvalue weighted by molar-refractivity contribution is -0.136. The van der Waals surface area contributed by atoms with Crippen molar-refractivity contribution in [2.24, 2.45) is 0 Å². The van der Waals surface area contributed by atoms with Gasteiger partial charge in [0.15, 0.2) is 0 Å². The van der Waals surface area contributed by atoms with Crippen LogP contribution in [0.4, 0.5) is 5.69 Å². The first kappa shape index (κ1) is 16.6. The van der Waals surface area contributed by atoms with Gasteiger partial charge in [-0.1, -0.05) is 11.6 Å². The summed E-state index contributed by atoms with van der Waals surface area (Å²) in [6.07, 6.45) is 2.01. The van der Waals surface area contributed by atoms with Crippen molar-refractivity contribution in [1.29, 1.82) is 5.26 Å². The van der Waals surface area contributed by atoms with E-state index in [2.05, 4.69) is 10.6 Å². The summed E-state index contributed by atoms with van der Waals surface area (Å²) in [6, 6.07) is 9.58. The van der Waals surface area contributed by atoms with E-state index in [-0.39, 0.29) is 17.3 Å². The molecule has 0 saturated carbocycles. The van der Waals surface area contributed by atoms with Gasteiger partial charge >= 0.3 is 11.8 Å². The fraction of sp³-hybridized carbons (Fsp3) is 0.188. The molecular weight excluding hydrogens is 318 g/mol. The van der Waals surface area contributed by atoms with E-state index in [1.165, 1.54) is 18.2 Å². The van der Waals surface area contributed by atoms with Gasteiger partial charge in [0.2, 0.25) is 0 Å². The van der Waals surface area contributed by atoms with Crippen LogP contribution >= 0.6 is 11.6 Å². The second-order valence-electron chi connectivity index (χ2n) is 4.91. The number of hydrogen-bond donors (Lipinski definition) is 2. The van der Waals surface area contributed by atoms with Gasteiger partial charge in [-0.05, 0) is 37.3 Å². The fourth-order valence-corrected chi connectivity index (χ4v) is 2.14. The third kappa shape index (κ3) is 4.59. The standard InChI is InChI=1S/C16H14ClN3O3/c1-10(7-13-3-2-6-23-13)19-15(21)16(22)20-14-8-12(17)5-4-11(14)9-18/h2-6,8,10H,7H2,1H3,(H,19,21)(H,20,22)/t10-/m0/s1. The molecule has 6 nitrogen and oxygen atoms in total. The highest BCUT2D eigenvalue weighted by Gasteiger charge is 2.18. The van der Waals surface area contributed by atoms with E-state index in [1.54, 1.807) is 25.3 Å². The van der Waals surface area contributed by atoms with E-state index in [4.69, 9.17) is 21.3 Å². The molecule has 118 valence electrons. The van der Waals surface area contributed by atoms with Gasteiger partial charge < -0.3 is 15.1 Å². The number of furan rings is 1. The van der Waals surface area contributed by atoms with Crippen molar-refractivity contribution in [3.05, 3.63) is 52.9 Å². The summed E-state index contributed by atoms with van der Waals surface area (Å²) < 4.78 is 5.18. The molecule has 0 aliphatic carbocycles. The predicted octanol–water partition coefficient (Wildman–Crippen LogP) is 2.49. The number of nitrogens with one attached hydrogen (secondary N) is 2. The van der Waals surface area contributed by atoms with Crippen LogP contribution < -0.4 is 10.6 Å². The van der Waals surface area contributed by atoms with Crippen LogP contribution in [0.1, 0.15) is 18.2 Å². The van der Waals surface area contributed by atoms with Gasteiger partial charge in [-0.2, -0.15) is 5.26 Å². The zero-order chi connectivity index (χ0) is 16.8. The molecule has 1 heterocycles. The Labute approximate surface area is 138 Å². The normalized spacial score (nSPS) is 11.3. The summed E-state index contributed by atoms with van der Waals surface area (Å²) in [6.45, 7) is 1.76. The molecular formula is C16H14ClN3O3. The van der Waals surface area contributed by atoms with E-state index in [9.17, 15) is 9.59 Å². The predicted molar refractivity (Wildman–Crippen MR) is 84.8 cm³/mol. The molecule has 0 aliphatic rings. The number of nitriles is 1. The second kappa shape index (κ2) is 7.47. The van der Waals surface area contributed by atoms with Crippen LogP contribution in [-0.2, 0) is 16.0 Å². The first-order chi connectivity index (χ1) is 11.0. The number of amides is 2. The lowest BCUT2D eigenvalue weighted by Crippen LogP contribution is -2.41. The molecule has 2 aromatic rings. The number of halogens is 1. The highest BCUT2D eigenvalue weighted by molar-refractivity contribution is 6.40. The van der Waals surface area contributed by atoms with Crippen LogP contribution in [0.2, 0.25) is 5.02 Å². The van der Waals surface area contributed by atoms with Gasteiger partial charge in [0.25, 0.3) is 0 Å². The Bertz CT molecular complexity index is 750. The summed E-state index contributed by atoms with van der Waals surface area (Å²) in [5.41, 5.74) is 0.415. The van der Waals surface area contributed by atoms with E-state index < -0.39 is 11.8 Å². The number of rotatable bonds is 4. The van der Waals surface area contributed by atoms with Gasteiger partial charge in [-0.25, -0.2) is 0 Å². The molecule has 0 saturated heterocycles. The Morgan fingerprint density at radius 1 is 1.35 bits per heavy atom. The zero-order valence-electron chi connectivity index (χ0n) is 12.3. The molecule has 0 aliphatic heterocycles. The number of nitrogens with zero attached hydrogens (tertiary/aromatic N) is 1. The lowest BCUT2D eigenvalue weighted by atomic mass is 10.2. The summed E-state index contributed by atoms with van der Waals surface area (Å²) in [5, 5.41) is 14.3. The third-order valence-corrected chi connectivity index (χ3v) is 3.26. The quantitative estimate of drug-likeness (QED) is 0.841. The van der Waals surface area contributed by atoms with Gasteiger partial charge in [0.05, 0.1) is 17.5 Å². The maximum Gasteiger partial charge on any atom is 0.313 e. The zero-order valence-corrected chi connectivity index (χ0v) is 13.1. The van der Waals surface area contributed by atoms with E-state index >= 15 is 0 Å². The molecule has 2 amide bonds. The Morgan fingerprint density at radius 3 is 2.78 bits per heavy atom.